The number of benzene rings is 2. The lowest BCUT2D eigenvalue weighted by atomic mass is 9.82. The van der Waals surface area contributed by atoms with Crippen molar-refractivity contribution >= 4 is 23.6 Å². The molecule has 0 aliphatic carbocycles. The molecule has 0 aromatic heterocycles. The standard InChI is InChI=1S/C25H29NO4S/c1-24(2,3)30-23(28)26-13-11-25(12-14-26)16-21(27)20-15-18(7-10-22(20)29-25)17-5-8-19(31-4)9-6-17/h5-10,15H,11-14,16H2,1-4H3. The number of rotatable bonds is 2. The van der Waals surface area contributed by atoms with Crippen molar-refractivity contribution in [1.82, 2.24) is 4.90 Å². The SMILES string of the molecule is CSc1ccc(-c2ccc3c(c2)C(=O)CC2(CCN(C(=O)OC(C)(C)C)CC2)O3)cc1. The van der Waals surface area contributed by atoms with Crippen LogP contribution in [0.25, 0.3) is 11.1 Å². The number of hydrogen-bond donors (Lipinski definition) is 0. The van der Waals surface area contributed by atoms with Gasteiger partial charge in [-0.15, -0.1) is 11.8 Å². The van der Waals surface area contributed by atoms with Crippen LogP contribution >= 0.6 is 11.8 Å². The molecular weight excluding hydrogens is 410 g/mol. The third kappa shape index (κ3) is 4.74. The molecule has 2 aromatic carbocycles. The van der Waals surface area contributed by atoms with E-state index in [1.54, 1.807) is 16.7 Å². The molecule has 0 radical (unpaired) electrons. The number of Topliss-reactive ketones (excluding diaryl/α,β-unsaturated/α-hetero) is 1. The number of likely N-dealkylation sites (tertiary alicyclic amines) is 1. The van der Waals surface area contributed by atoms with Gasteiger partial charge in [-0.25, -0.2) is 4.79 Å². The predicted octanol–water partition coefficient (Wildman–Crippen LogP) is 5.81. The zero-order valence-corrected chi connectivity index (χ0v) is 19.4. The van der Waals surface area contributed by atoms with E-state index in [1.165, 1.54) is 4.90 Å². The summed E-state index contributed by atoms with van der Waals surface area (Å²) in [7, 11) is 0. The molecule has 0 unspecified atom stereocenters. The summed E-state index contributed by atoms with van der Waals surface area (Å²) in [4.78, 5) is 28.3. The summed E-state index contributed by atoms with van der Waals surface area (Å²) in [5.41, 5.74) is 1.69. The number of amides is 1. The Hall–Kier alpha value is -2.47. The van der Waals surface area contributed by atoms with E-state index in [1.807, 2.05) is 39.0 Å². The average molecular weight is 440 g/mol. The largest absolute Gasteiger partial charge is 0.486 e. The van der Waals surface area contributed by atoms with Crippen LogP contribution in [-0.4, -0.2) is 47.3 Å². The van der Waals surface area contributed by atoms with E-state index in [2.05, 4.69) is 30.5 Å². The highest BCUT2D eigenvalue weighted by Gasteiger charge is 2.44. The highest BCUT2D eigenvalue weighted by molar-refractivity contribution is 7.98. The van der Waals surface area contributed by atoms with Crippen molar-refractivity contribution in [3.8, 4) is 16.9 Å². The summed E-state index contributed by atoms with van der Waals surface area (Å²) in [6, 6.07) is 14.2. The Labute approximate surface area is 188 Å². The van der Waals surface area contributed by atoms with Gasteiger partial charge >= 0.3 is 6.09 Å². The smallest absolute Gasteiger partial charge is 0.410 e. The van der Waals surface area contributed by atoms with Crippen LogP contribution in [0.4, 0.5) is 4.79 Å². The van der Waals surface area contributed by atoms with Gasteiger partial charge in [0, 0.05) is 30.8 Å². The summed E-state index contributed by atoms with van der Waals surface area (Å²) in [5, 5.41) is 0. The van der Waals surface area contributed by atoms with E-state index in [0.29, 0.717) is 43.7 Å². The first-order chi connectivity index (χ1) is 14.7. The van der Waals surface area contributed by atoms with E-state index in [9.17, 15) is 9.59 Å². The van der Waals surface area contributed by atoms with Crippen LogP contribution in [-0.2, 0) is 4.74 Å². The Morgan fingerprint density at radius 3 is 2.32 bits per heavy atom. The van der Waals surface area contributed by atoms with Crippen LogP contribution in [0.15, 0.2) is 47.4 Å². The molecule has 0 atom stereocenters. The zero-order valence-electron chi connectivity index (χ0n) is 18.6. The van der Waals surface area contributed by atoms with Gasteiger partial charge in [-0.3, -0.25) is 4.79 Å². The van der Waals surface area contributed by atoms with Gasteiger partial charge < -0.3 is 14.4 Å². The minimum absolute atomic E-state index is 0.106. The van der Waals surface area contributed by atoms with Crippen molar-refractivity contribution in [1.29, 1.82) is 0 Å². The summed E-state index contributed by atoms with van der Waals surface area (Å²) >= 11 is 1.71. The number of ketones is 1. The van der Waals surface area contributed by atoms with Gasteiger partial charge in [0.15, 0.2) is 5.78 Å². The molecule has 31 heavy (non-hydrogen) atoms. The molecule has 5 nitrogen and oxygen atoms in total. The van der Waals surface area contributed by atoms with Gasteiger partial charge in [-0.2, -0.15) is 0 Å². The maximum absolute atomic E-state index is 13.1. The molecule has 1 amide bonds. The van der Waals surface area contributed by atoms with Crippen molar-refractivity contribution < 1.29 is 19.1 Å². The number of hydrogen-bond acceptors (Lipinski definition) is 5. The summed E-state index contributed by atoms with van der Waals surface area (Å²) in [6.07, 6.45) is 3.33. The fourth-order valence-corrected chi connectivity index (χ4v) is 4.57. The molecule has 0 saturated carbocycles. The first-order valence-corrected chi connectivity index (χ1v) is 11.9. The van der Waals surface area contributed by atoms with Gasteiger partial charge in [-0.1, -0.05) is 18.2 Å². The predicted molar refractivity (Wildman–Crippen MR) is 123 cm³/mol. The topological polar surface area (TPSA) is 55.8 Å². The fourth-order valence-electron chi connectivity index (χ4n) is 4.16. The van der Waals surface area contributed by atoms with Gasteiger partial charge in [-0.05, 0) is 62.4 Å². The maximum atomic E-state index is 13.1. The zero-order chi connectivity index (χ0) is 22.2. The number of ether oxygens (including phenoxy) is 2. The van der Waals surface area contributed by atoms with Gasteiger partial charge in [0.1, 0.15) is 17.0 Å². The number of fused-ring (bicyclic) bond motifs is 1. The van der Waals surface area contributed by atoms with Crippen molar-refractivity contribution in [2.24, 2.45) is 0 Å². The van der Waals surface area contributed by atoms with E-state index in [4.69, 9.17) is 9.47 Å². The maximum Gasteiger partial charge on any atom is 0.410 e. The van der Waals surface area contributed by atoms with Crippen molar-refractivity contribution in [3.05, 3.63) is 48.0 Å². The van der Waals surface area contributed by atoms with Gasteiger partial charge in [0.25, 0.3) is 0 Å². The van der Waals surface area contributed by atoms with Crippen molar-refractivity contribution in [2.75, 3.05) is 19.3 Å². The van der Waals surface area contributed by atoms with Crippen LogP contribution in [0, 0.1) is 0 Å². The summed E-state index contributed by atoms with van der Waals surface area (Å²) < 4.78 is 11.9. The molecule has 1 spiro atoms. The number of carbonyl (C=O) groups excluding carboxylic acids is 2. The van der Waals surface area contributed by atoms with Crippen LogP contribution in [0.3, 0.4) is 0 Å². The second-order valence-electron chi connectivity index (χ2n) is 9.29. The molecule has 4 rings (SSSR count). The van der Waals surface area contributed by atoms with Crippen LogP contribution < -0.4 is 4.74 Å². The molecule has 0 N–H and O–H groups in total. The Morgan fingerprint density at radius 2 is 1.71 bits per heavy atom. The van der Waals surface area contributed by atoms with E-state index in [0.717, 1.165) is 11.1 Å². The quantitative estimate of drug-likeness (QED) is 0.553. The van der Waals surface area contributed by atoms with Crippen molar-refractivity contribution in [3.63, 3.8) is 0 Å². The Morgan fingerprint density at radius 1 is 1.06 bits per heavy atom. The highest BCUT2D eigenvalue weighted by atomic mass is 32.2. The molecule has 0 bridgehead atoms. The third-order valence-corrected chi connectivity index (χ3v) is 6.58. The minimum Gasteiger partial charge on any atom is -0.486 e. The van der Waals surface area contributed by atoms with E-state index in [-0.39, 0.29) is 11.9 Å². The first-order valence-electron chi connectivity index (χ1n) is 10.7. The van der Waals surface area contributed by atoms with Crippen LogP contribution in [0.1, 0.15) is 50.4 Å². The lowest BCUT2D eigenvalue weighted by Gasteiger charge is -2.44. The molecule has 2 aromatic rings. The Bertz CT molecular complexity index is 986. The Kier molecular flexibility index (Phi) is 5.77. The van der Waals surface area contributed by atoms with Gasteiger partial charge in [0.2, 0.25) is 0 Å². The second-order valence-corrected chi connectivity index (χ2v) is 10.2. The highest BCUT2D eigenvalue weighted by Crippen LogP contribution is 2.41. The minimum atomic E-state index is -0.538. The second kappa shape index (κ2) is 8.23. The van der Waals surface area contributed by atoms with Crippen molar-refractivity contribution in [2.45, 2.75) is 56.1 Å². The number of piperidine rings is 1. The van der Waals surface area contributed by atoms with E-state index < -0.39 is 11.2 Å². The molecule has 1 saturated heterocycles. The normalized spacial score (nSPS) is 17.8. The lowest BCUT2D eigenvalue weighted by Crippen LogP contribution is -2.52. The lowest BCUT2D eigenvalue weighted by molar-refractivity contribution is -0.0226. The van der Waals surface area contributed by atoms with Crippen LogP contribution in [0.2, 0.25) is 0 Å². The summed E-state index contributed by atoms with van der Waals surface area (Å²) in [6.45, 7) is 6.64. The summed E-state index contributed by atoms with van der Waals surface area (Å²) in [5.74, 6) is 0.751. The molecule has 164 valence electrons. The number of nitrogens with zero attached hydrogens (tertiary/aromatic N) is 1. The fraction of sp³-hybridized carbons (Fsp3) is 0.440. The first kappa shape index (κ1) is 21.8. The molecule has 2 aliphatic heterocycles. The monoisotopic (exact) mass is 439 g/mol. The number of thioether (sulfide) groups is 1. The molecule has 2 aliphatic rings. The molecule has 2 heterocycles. The molecule has 1 fully saturated rings. The third-order valence-electron chi connectivity index (χ3n) is 5.84. The number of carbonyl (C=O) groups is 2. The van der Waals surface area contributed by atoms with Gasteiger partial charge in [0.05, 0.1) is 12.0 Å². The van der Waals surface area contributed by atoms with E-state index >= 15 is 0 Å². The molecule has 6 heteroatoms. The molecular formula is C25H29NO4S. The van der Waals surface area contributed by atoms with Crippen LogP contribution in [0.5, 0.6) is 5.75 Å². The average Bonchev–Trinajstić information content (AvgIpc) is 2.73. The Balaban J connectivity index is 1.48.